The van der Waals surface area contributed by atoms with Crippen LogP contribution in [0.4, 0.5) is 0 Å². The van der Waals surface area contributed by atoms with Crippen molar-refractivity contribution < 1.29 is 4.79 Å². The normalized spacial score (nSPS) is 15.6. The van der Waals surface area contributed by atoms with E-state index in [4.69, 9.17) is 11.5 Å². The van der Waals surface area contributed by atoms with Crippen molar-refractivity contribution in [2.75, 3.05) is 13.1 Å². The van der Waals surface area contributed by atoms with E-state index >= 15 is 0 Å². The molecule has 4 nitrogen and oxygen atoms in total. The summed E-state index contributed by atoms with van der Waals surface area (Å²) in [5, 5.41) is 2.74. The predicted molar refractivity (Wildman–Crippen MR) is 44.9 cm³/mol. The van der Waals surface area contributed by atoms with Crippen molar-refractivity contribution in [3.05, 3.63) is 0 Å². The summed E-state index contributed by atoms with van der Waals surface area (Å²) in [5.74, 6) is -0.144. The van der Waals surface area contributed by atoms with Crippen LogP contribution in [0, 0.1) is 5.92 Å². The molecule has 0 saturated carbocycles. The van der Waals surface area contributed by atoms with Gasteiger partial charge < -0.3 is 16.8 Å². The molecule has 0 bridgehead atoms. The lowest BCUT2D eigenvalue weighted by atomic mass is 10.1. The Kier molecular flexibility index (Phi) is 4.81. The third-order valence-corrected chi connectivity index (χ3v) is 1.54. The molecule has 0 aliphatic heterocycles. The Labute approximate surface area is 67.3 Å². The van der Waals surface area contributed by atoms with Gasteiger partial charge in [-0.15, -0.1) is 0 Å². The highest BCUT2D eigenvalue weighted by Gasteiger charge is 2.11. The summed E-state index contributed by atoms with van der Waals surface area (Å²) >= 11 is 0. The molecule has 0 rings (SSSR count). The molecule has 0 spiro atoms. The number of nitrogens with two attached hydrogens (primary N) is 2. The Bertz CT molecular complexity index is 127. The van der Waals surface area contributed by atoms with Crippen molar-refractivity contribution in [1.82, 2.24) is 5.32 Å². The van der Waals surface area contributed by atoms with Gasteiger partial charge in [-0.05, 0) is 6.92 Å². The molecule has 1 unspecified atom stereocenters. The average molecular weight is 159 g/mol. The molecule has 0 saturated heterocycles. The lowest BCUT2D eigenvalue weighted by Crippen LogP contribution is -2.42. The van der Waals surface area contributed by atoms with Crippen LogP contribution >= 0.6 is 0 Å². The Morgan fingerprint density at radius 1 is 1.36 bits per heavy atom. The average Bonchev–Trinajstić information content (AvgIpc) is 2.02. The van der Waals surface area contributed by atoms with Gasteiger partial charge in [0.2, 0.25) is 5.91 Å². The topological polar surface area (TPSA) is 81.1 Å². The molecule has 4 heteroatoms. The zero-order chi connectivity index (χ0) is 8.85. The zero-order valence-corrected chi connectivity index (χ0v) is 7.13. The third kappa shape index (κ3) is 3.95. The smallest absolute Gasteiger partial charge is 0.224 e. The Hall–Kier alpha value is -0.610. The van der Waals surface area contributed by atoms with Crippen molar-refractivity contribution in [2.45, 2.75) is 19.9 Å². The van der Waals surface area contributed by atoms with Gasteiger partial charge in [0.15, 0.2) is 0 Å². The van der Waals surface area contributed by atoms with E-state index in [1.807, 2.05) is 6.92 Å². The maximum atomic E-state index is 11.1. The highest BCUT2D eigenvalue weighted by Crippen LogP contribution is 1.91. The molecule has 0 aromatic carbocycles. The standard InChI is InChI=1S/C7H17N3O/c1-5(3-8)7(11)10-6(2)4-9/h5-6H,3-4,8-9H2,1-2H3,(H,10,11)/t5?,6-/m1/s1. The second kappa shape index (κ2) is 5.09. The number of hydrogen-bond donors (Lipinski definition) is 3. The number of carbonyl (C=O) groups excluding carboxylic acids is 1. The molecule has 0 radical (unpaired) electrons. The number of hydrogen-bond acceptors (Lipinski definition) is 3. The molecule has 0 fully saturated rings. The SMILES string of the molecule is CC(CN)C(=O)N[C@H](C)CN. The highest BCUT2D eigenvalue weighted by molar-refractivity contribution is 5.78. The number of nitrogens with one attached hydrogen (secondary N) is 1. The van der Waals surface area contributed by atoms with Crippen molar-refractivity contribution in [3.8, 4) is 0 Å². The summed E-state index contributed by atoms with van der Waals surface area (Å²) in [5.41, 5.74) is 10.6. The fraction of sp³-hybridized carbons (Fsp3) is 0.857. The predicted octanol–water partition coefficient (Wildman–Crippen LogP) is -0.955. The summed E-state index contributed by atoms with van der Waals surface area (Å²) in [6.07, 6.45) is 0. The molecule has 0 aliphatic carbocycles. The fourth-order valence-electron chi connectivity index (χ4n) is 0.551. The van der Waals surface area contributed by atoms with Gasteiger partial charge in [-0.3, -0.25) is 4.79 Å². The van der Waals surface area contributed by atoms with E-state index in [9.17, 15) is 4.79 Å². The second-order valence-corrected chi connectivity index (χ2v) is 2.78. The second-order valence-electron chi connectivity index (χ2n) is 2.78. The minimum Gasteiger partial charge on any atom is -0.352 e. The maximum Gasteiger partial charge on any atom is 0.224 e. The van der Waals surface area contributed by atoms with Gasteiger partial charge in [0.1, 0.15) is 0 Å². The molecule has 1 amide bonds. The molecule has 2 atom stereocenters. The molecule has 5 N–H and O–H groups in total. The largest absolute Gasteiger partial charge is 0.352 e. The maximum absolute atomic E-state index is 11.1. The van der Waals surface area contributed by atoms with Gasteiger partial charge in [-0.25, -0.2) is 0 Å². The lowest BCUT2D eigenvalue weighted by Gasteiger charge is -2.14. The van der Waals surface area contributed by atoms with Crippen molar-refractivity contribution in [1.29, 1.82) is 0 Å². The van der Waals surface area contributed by atoms with Crippen LogP contribution in [0.5, 0.6) is 0 Å². The molecule has 11 heavy (non-hydrogen) atoms. The van der Waals surface area contributed by atoms with E-state index in [0.29, 0.717) is 13.1 Å². The van der Waals surface area contributed by atoms with Gasteiger partial charge in [-0.2, -0.15) is 0 Å². The van der Waals surface area contributed by atoms with E-state index in [0.717, 1.165) is 0 Å². The van der Waals surface area contributed by atoms with Crippen LogP contribution in [0.25, 0.3) is 0 Å². The van der Waals surface area contributed by atoms with Crippen LogP contribution in [0.3, 0.4) is 0 Å². The van der Waals surface area contributed by atoms with Crippen LogP contribution in [0.2, 0.25) is 0 Å². The van der Waals surface area contributed by atoms with Crippen molar-refractivity contribution >= 4 is 5.91 Å². The van der Waals surface area contributed by atoms with Crippen LogP contribution in [0.15, 0.2) is 0 Å². The zero-order valence-electron chi connectivity index (χ0n) is 7.13. The molecule has 0 aliphatic rings. The van der Waals surface area contributed by atoms with Gasteiger partial charge in [0.25, 0.3) is 0 Å². The minimum atomic E-state index is -0.121. The highest BCUT2D eigenvalue weighted by atomic mass is 16.1. The van der Waals surface area contributed by atoms with Crippen LogP contribution in [-0.2, 0) is 4.79 Å². The summed E-state index contributed by atoms with van der Waals surface area (Å²) in [6, 6.07) is 0.0384. The molecule has 66 valence electrons. The summed E-state index contributed by atoms with van der Waals surface area (Å²) in [4.78, 5) is 11.1. The van der Waals surface area contributed by atoms with Gasteiger partial charge in [0.05, 0.1) is 0 Å². The fourth-order valence-corrected chi connectivity index (χ4v) is 0.551. The van der Waals surface area contributed by atoms with E-state index in [1.54, 1.807) is 6.92 Å². The first-order valence-electron chi connectivity index (χ1n) is 3.82. The number of carbonyl (C=O) groups is 1. The van der Waals surface area contributed by atoms with Crippen molar-refractivity contribution in [3.63, 3.8) is 0 Å². The summed E-state index contributed by atoms with van der Waals surface area (Å²) in [7, 11) is 0. The van der Waals surface area contributed by atoms with Gasteiger partial charge in [0, 0.05) is 25.0 Å². The summed E-state index contributed by atoms with van der Waals surface area (Å²) in [6.45, 7) is 4.49. The lowest BCUT2D eigenvalue weighted by molar-refractivity contribution is -0.124. The van der Waals surface area contributed by atoms with Crippen LogP contribution < -0.4 is 16.8 Å². The van der Waals surface area contributed by atoms with Gasteiger partial charge >= 0.3 is 0 Å². The first kappa shape index (κ1) is 10.4. The third-order valence-electron chi connectivity index (χ3n) is 1.54. The molecule has 0 aromatic heterocycles. The Balaban J connectivity index is 3.68. The molecular weight excluding hydrogens is 142 g/mol. The minimum absolute atomic E-state index is 0.0227. The monoisotopic (exact) mass is 159 g/mol. The summed E-state index contributed by atoms with van der Waals surface area (Å²) < 4.78 is 0. The number of rotatable bonds is 4. The van der Waals surface area contributed by atoms with E-state index < -0.39 is 0 Å². The van der Waals surface area contributed by atoms with E-state index in [-0.39, 0.29) is 17.9 Å². The van der Waals surface area contributed by atoms with Crippen molar-refractivity contribution in [2.24, 2.45) is 17.4 Å². The van der Waals surface area contributed by atoms with Crippen LogP contribution in [0.1, 0.15) is 13.8 Å². The number of amides is 1. The Morgan fingerprint density at radius 3 is 2.27 bits per heavy atom. The molecule has 0 aromatic rings. The van der Waals surface area contributed by atoms with Crippen LogP contribution in [-0.4, -0.2) is 25.0 Å². The first-order valence-corrected chi connectivity index (χ1v) is 3.82. The van der Waals surface area contributed by atoms with E-state index in [2.05, 4.69) is 5.32 Å². The molecular formula is C7H17N3O. The Morgan fingerprint density at radius 2 is 1.91 bits per heavy atom. The van der Waals surface area contributed by atoms with E-state index in [1.165, 1.54) is 0 Å². The quantitative estimate of drug-likeness (QED) is 0.494. The first-order chi connectivity index (χ1) is 5.11. The molecule has 0 heterocycles. The van der Waals surface area contributed by atoms with Gasteiger partial charge in [-0.1, -0.05) is 6.92 Å².